The van der Waals surface area contributed by atoms with E-state index in [-0.39, 0.29) is 17.4 Å². The molecule has 1 saturated carbocycles. The number of amides is 2. The maximum atomic E-state index is 12.6. The third-order valence-electron chi connectivity index (χ3n) is 6.07. The van der Waals surface area contributed by atoms with E-state index in [4.69, 9.17) is 4.74 Å². The van der Waals surface area contributed by atoms with Gasteiger partial charge in [-0.25, -0.2) is 4.79 Å². The molecule has 1 saturated heterocycles. The van der Waals surface area contributed by atoms with E-state index in [1.54, 1.807) is 11.9 Å². The summed E-state index contributed by atoms with van der Waals surface area (Å²) in [6.45, 7) is 9.21. The lowest BCUT2D eigenvalue weighted by Gasteiger charge is -2.34. The average Bonchev–Trinajstić information content (AvgIpc) is 3.47. The van der Waals surface area contributed by atoms with Gasteiger partial charge in [-0.1, -0.05) is 30.3 Å². The zero-order valence-electron chi connectivity index (χ0n) is 18.9. The highest BCUT2D eigenvalue weighted by Gasteiger charge is 2.44. The molecule has 2 fully saturated rings. The molecule has 0 spiro atoms. The Balaban J connectivity index is 1.42. The first-order valence-electron chi connectivity index (χ1n) is 11.2. The second kappa shape index (κ2) is 9.38. The Hall–Kier alpha value is -2.08. The standard InChI is InChI=1S/C24H37N3O3/c1-23(2,3)30-22(29)26(4)15-19-9-8-14-27(16-19)17-21(28)25-18-24(12-13-24)20-10-6-5-7-11-20/h5-7,10-11,19H,8-9,12-18H2,1-4H3,(H,25,28). The fourth-order valence-electron chi connectivity index (χ4n) is 4.28. The van der Waals surface area contributed by atoms with E-state index in [0.29, 0.717) is 25.6 Å². The predicted octanol–water partition coefficient (Wildman–Crippen LogP) is 3.41. The summed E-state index contributed by atoms with van der Waals surface area (Å²) < 4.78 is 5.45. The molecule has 30 heavy (non-hydrogen) atoms. The smallest absolute Gasteiger partial charge is 0.410 e. The lowest BCUT2D eigenvalue weighted by molar-refractivity contribution is -0.122. The number of nitrogens with one attached hydrogen (secondary N) is 1. The number of nitrogens with zero attached hydrogens (tertiary/aromatic N) is 2. The Morgan fingerprint density at radius 3 is 2.57 bits per heavy atom. The zero-order valence-corrected chi connectivity index (χ0v) is 18.9. The number of piperidine rings is 1. The van der Waals surface area contributed by atoms with Crippen LogP contribution in [0.5, 0.6) is 0 Å². The van der Waals surface area contributed by atoms with Gasteiger partial charge in [0.1, 0.15) is 5.60 Å². The van der Waals surface area contributed by atoms with E-state index in [1.165, 1.54) is 5.56 Å². The highest BCUT2D eigenvalue weighted by Crippen LogP contribution is 2.47. The number of hydrogen-bond acceptors (Lipinski definition) is 4. The fraction of sp³-hybridized carbons (Fsp3) is 0.667. The van der Waals surface area contributed by atoms with Crippen molar-refractivity contribution in [2.45, 2.75) is 57.5 Å². The van der Waals surface area contributed by atoms with E-state index in [2.05, 4.69) is 34.5 Å². The lowest BCUT2D eigenvalue weighted by Crippen LogP contribution is -2.46. The van der Waals surface area contributed by atoms with Crippen molar-refractivity contribution >= 4 is 12.0 Å². The molecule has 166 valence electrons. The molecule has 0 aromatic heterocycles. The molecule has 1 aromatic rings. The predicted molar refractivity (Wildman–Crippen MR) is 118 cm³/mol. The monoisotopic (exact) mass is 415 g/mol. The van der Waals surface area contributed by atoms with Crippen molar-refractivity contribution in [3.8, 4) is 0 Å². The van der Waals surface area contributed by atoms with E-state index in [0.717, 1.165) is 38.8 Å². The first-order valence-corrected chi connectivity index (χ1v) is 11.2. The molecule has 1 atom stereocenters. The zero-order chi connectivity index (χ0) is 21.8. The molecule has 1 N–H and O–H groups in total. The summed E-state index contributed by atoms with van der Waals surface area (Å²) in [5.74, 6) is 0.460. The average molecular weight is 416 g/mol. The number of likely N-dealkylation sites (tertiary alicyclic amines) is 1. The van der Waals surface area contributed by atoms with Crippen LogP contribution >= 0.6 is 0 Å². The minimum absolute atomic E-state index is 0.0957. The molecule has 1 aliphatic heterocycles. The van der Waals surface area contributed by atoms with E-state index < -0.39 is 5.60 Å². The maximum absolute atomic E-state index is 12.6. The van der Waals surface area contributed by atoms with Crippen LogP contribution < -0.4 is 5.32 Å². The fourth-order valence-corrected chi connectivity index (χ4v) is 4.28. The number of rotatable bonds is 7. The van der Waals surface area contributed by atoms with E-state index >= 15 is 0 Å². The van der Waals surface area contributed by atoms with Crippen LogP contribution in [0.15, 0.2) is 30.3 Å². The molecule has 6 heteroatoms. The number of carbonyl (C=O) groups excluding carboxylic acids is 2. The van der Waals surface area contributed by atoms with Gasteiger partial charge >= 0.3 is 6.09 Å². The topological polar surface area (TPSA) is 61.9 Å². The van der Waals surface area contributed by atoms with Crippen molar-refractivity contribution in [2.24, 2.45) is 5.92 Å². The third kappa shape index (κ3) is 6.46. The Bertz CT molecular complexity index is 725. The maximum Gasteiger partial charge on any atom is 0.410 e. The summed E-state index contributed by atoms with van der Waals surface area (Å²) in [6, 6.07) is 10.5. The van der Waals surface area contributed by atoms with Crippen molar-refractivity contribution in [3.05, 3.63) is 35.9 Å². The first kappa shape index (κ1) is 22.6. The van der Waals surface area contributed by atoms with Crippen LogP contribution in [0.4, 0.5) is 4.79 Å². The highest BCUT2D eigenvalue weighted by atomic mass is 16.6. The molecule has 1 unspecified atom stereocenters. The molecule has 0 radical (unpaired) electrons. The molecular formula is C24H37N3O3. The van der Waals surface area contributed by atoms with Crippen LogP contribution in [-0.2, 0) is 14.9 Å². The molecule has 3 rings (SSSR count). The molecule has 1 heterocycles. The van der Waals surface area contributed by atoms with Crippen LogP contribution in [0.1, 0.15) is 52.0 Å². The van der Waals surface area contributed by atoms with Gasteiger partial charge in [0.25, 0.3) is 0 Å². The minimum atomic E-state index is -0.485. The molecule has 2 aliphatic rings. The van der Waals surface area contributed by atoms with Gasteiger partial charge in [-0.2, -0.15) is 0 Å². The number of carbonyl (C=O) groups is 2. The van der Waals surface area contributed by atoms with Crippen molar-refractivity contribution in [3.63, 3.8) is 0 Å². The number of hydrogen-bond donors (Lipinski definition) is 1. The summed E-state index contributed by atoms with van der Waals surface area (Å²) in [5, 5.41) is 3.17. The largest absolute Gasteiger partial charge is 0.444 e. The second-order valence-corrected chi connectivity index (χ2v) is 10.0. The SMILES string of the molecule is CN(CC1CCCN(CC(=O)NCC2(c3ccccc3)CC2)C1)C(=O)OC(C)(C)C. The van der Waals surface area contributed by atoms with Crippen molar-refractivity contribution in [2.75, 3.05) is 39.8 Å². The normalized spacial score (nSPS) is 21.0. The van der Waals surface area contributed by atoms with Crippen LogP contribution in [0.2, 0.25) is 0 Å². The molecule has 1 aromatic carbocycles. The molecule has 6 nitrogen and oxygen atoms in total. The summed E-state index contributed by atoms with van der Waals surface area (Å²) >= 11 is 0. The van der Waals surface area contributed by atoms with E-state index in [1.807, 2.05) is 26.8 Å². The molecule has 0 bridgehead atoms. The quantitative estimate of drug-likeness (QED) is 0.741. The van der Waals surface area contributed by atoms with Gasteiger partial charge in [0.15, 0.2) is 0 Å². The van der Waals surface area contributed by atoms with Gasteiger partial charge in [0, 0.05) is 32.1 Å². The van der Waals surface area contributed by atoms with Gasteiger partial charge in [-0.05, 0) is 64.5 Å². The Morgan fingerprint density at radius 1 is 1.23 bits per heavy atom. The van der Waals surface area contributed by atoms with Crippen molar-refractivity contribution < 1.29 is 14.3 Å². The van der Waals surface area contributed by atoms with Crippen LogP contribution in [0.3, 0.4) is 0 Å². The number of ether oxygens (including phenoxy) is 1. The van der Waals surface area contributed by atoms with Gasteiger partial charge in [-0.15, -0.1) is 0 Å². The summed E-state index contributed by atoms with van der Waals surface area (Å²) in [5.41, 5.74) is 0.978. The number of benzene rings is 1. The van der Waals surface area contributed by atoms with Crippen molar-refractivity contribution in [1.29, 1.82) is 0 Å². The van der Waals surface area contributed by atoms with Gasteiger partial charge in [0.2, 0.25) is 5.91 Å². The second-order valence-electron chi connectivity index (χ2n) is 10.0. The summed E-state index contributed by atoms with van der Waals surface area (Å²) in [7, 11) is 1.79. The van der Waals surface area contributed by atoms with Crippen molar-refractivity contribution in [1.82, 2.24) is 15.1 Å². The lowest BCUT2D eigenvalue weighted by atomic mass is 9.96. The van der Waals surface area contributed by atoms with Gasteiger partial charge in [-0.3, -0.25) is 9.69 Å². The molecule has 1 aliphatic carbocycles. The van der Waals surface area contributed by atoms with E-state index in [9.17, 15) is 9.59 Å². The molecular weight excluding hydrogens is 378 g/mol. The third-order valence-corrected chi connectivity index (χ3v) is 6.07. The van der Waals surface area contributed by atoms with Gasteiger partial charge < -0.3 is 15.0 Å². The highest BCUT2D eigenvalue weighted by molar-refractivity contribution is 5.78. The van der Waals surface area contributed by atoms with Gasteiger partial charge in [0.05, 0.1) is 6.54 Å². The Kier molecular flexibility index (Phi) is 7.06. The summed E-state index contributed by atoms with van der Waals surface area (Å²) in [4.78, 5) is 28.7. The van der Waals surface area contributed by atoms with Crippen LogP contribution in [-0.4, -0.2) is 67.2 Å². The van der Waals surface area contributed by atoms with Crippen LogP contribution in [0, 0.1) is 5.92 Å². The Labute approximate surface area is 180 Å². The Morgan fingerprint density at radius 2 is 1.93 bits per heavy atom. The summed E-state index contributed by atoms with van der Waals surface area (Å²) in [6.07, 6.45) is 4.12. The first-order chi connectivity index (χ1) is 14.2. The molecule has 2 amide bonds. The minimum Gasteiger partial charge on any atom is -0.444 e. The van der Waals surface area contributed by atoms with Crippen LogP contribution in [0.25, 0.3) is 0 Å².